The normalized spacial score (nSPS) is 15.0. The molecule has 0 fully saturated rings. The Labute approximate surface area is 64.8 Å². The predicted molar refractivity (Wildman–Crippen MR) is 38.1 cm³/mol. The summed E-state index contributed by atoms with van der Waals surface area (Å²) in [5.74, 6) is -1.30. The number of unbranched alkanes of at least 4 members (excludes halogenated alkanes) is 1. The van der Waals surface area contributed by atoms with Crippen LogP contribution < -0.4 is 5.73 Å². The number of halogens is 3. The molecule has 0 aliphatic rings. The molecule has 0 radical (unpaired) electrons. The van der Waals surface area contributed by atoms with E-state index in [-0.39, 0.29) is 13.0 Å². The highest BCUT2D eigenvalue weighted by molar-refractivity contribution is 4.67. The van der Waals surface area contributed by atoms with Gasteiger partial charge in [-0.25, -0.2) is 0 Å². The SMILES string of the molecule is CCCCC(CN)C(F)(F)F. The van der Waals surface area contributed by atoms with E-state index in [1.165, 1.54) is 0 Å². The molecule has 68 valence electrons. The smallest absolute Gasteiger partial charge is 0.330 e. The molecule has 0 aromatic rings. The molecule has 1 unspecified atom stereocenters. The van der Waals surface area contributed by atoms with Gasteiger partial charge in [0.2, 0.25) is 0 Å². The van der Waals surface area contributed by atoms with Crippen LogP contribution in [0, 0.1) is 5.92 Å². The molecule has 4 heteroatoms. The minimum Gasteiger partial charge on any atom is -0.330 e. The van der Waals surface area contributed by atoms with Crippen LogP contribution in [-0.2, 0) is 0 Å². The van der Waals surface area contributed by atoms with E-state index in [2.05, 4.69) is 0 Å². The molecule has 2 N–H and O–H groups in total. The number of rotatable bonds is 4. The first-order valence-corrected chi connectivity index (χ1v) is 3.79. The zero-order valence-electron chi connectivity index (χ0n) is 6.62. The van der Waals surface area contributed by atoms with Gasteiger partial charge in [-0.05, 0) is 6.42 Å². The average Bonchev–Trinajstić information content (AvgIpc) is 1.87. The van der Waals surface area contributed by atoms with Crippen LogP contribution in [0.25, 0.3) is 0 Å². The lowest BCUT2D eigenvalue weighted by atomic mass is 10.0. The molecule has 0 aliphatic heterocycles. The van der Waals surface area contributed by atoms with Crippen LogP contribution in [0.15, 0.2) is 0 Å². The van der Waals surface area contributed by atoms with Crippen molar-refractivity contribution in [3.63, 3.8) is 0 Å². The van der Waals surface area contributed by atoms with Crippen molar-refractivity contribution in [1.29, 1.82) is 0 Å². The van der Waals surface area contributed by atoms with Crippen molar-refractivity contribution in [1.82, 2.24) is 0 Å². The maximum Gasteiger partial charge on any atom is 0.393 e. The molecule has 0 heterocycles. The molecule has 0 rings (SSSR count). The van der Waals surface area contributed by atoms with Crippen molar-refractivity contribution in [2.75, 3.05) is 6.54 Å². The van der Waals surface area contributed by atoms with Gasteiger partial charge in [0.05, 0.1) is 5.92 Å². The largest absolute Gasteiger partial charge is 0.393 e. The molecular formula is C7H14F3N. The molecule has 0 spiro atoms. The Balaban J connectivity index is 3.76. The van der Waals surface area contributed by atoms with Gasteiger partial charge in [-0.3, -0.25) is 0 Å². The number of hydrogen-bond donors (Lipinski definition) is 1. The van der Waals surface area contributed by atoms with Gasteiger partial charge in [-0.1, -0.05) is 19.8 Å². The molecule has 0 amide bonds. The van der Waals surface area contributed by atoms with Gasteiger partial charge < -0.3 is 5.73 Å². The lowest BCUT2D eigenvalue weighted by Gasteiger charge is -2.17. The predicted octanol–water partition coefficient (Wildman–Crippen LogP) is 2.31. The second kappa shape index (κ2) is 4.59. The first-order chi connectivity index (χ1) is 5.02. The summed E-state index contributed by atoms with van der Waals surface area (Å²) in [4.78, 5) is 0. The van der Waals surface area contributed by atoms with Crippen molar-refractivity contribution in [2.45, 2.75) is 32.4 Å². The van der Waals surface area contributed by atoms with E-state index < -0.39 is 12.1 Å². The van der Waals surface area contributed by atoms with Gasteiger partial charge in [0.25, 0.3) is 0 Å². The first-order valence-electron chi connectivity index (χ1n) is 3.79. The summed E-state index contributed by atoms with van der Waals surface area (Å²) in [5.41, 5.74) is 4.98. The van der Waals surface area contributed by atoms with E-state index in [4.69, 9.17) is 5.73 Å². The second-order valence-electron chi connectivity index (χ2n) is 2.62. The van der Waals surface area contributed by atoms with Crippen molar-refractivity contribution in [3.05, 3.63) is 0 Å². The zero-order chi connectivity index (χ0) is 8.91. The Hall–Kier alpha value is -0.250. The molecule has 1 nitrogen and oxygen atoms in total. The monoisotopic (exact) mass is 169 g/mol. The van der Waals surface area contributed by atoms with Gasteiger partial charge >= 0.3 is 6.18 Å². The van der Waals surface area contributed by atoms with Crippen molar-refractivity contribution < 1.29 is 13.2 Å². The standard InChI is InChI=1S/C7H14F3N/c1-2-3-4-6(5-11)7(8,9)10/h6H,2-5,11H2,1H3. The summed E-state index contributed by atoms with van der Waals surface area (Å²) in [6, 6.07) is 0. The van der Waals surface area contributed by atoms with Crippen LogP contribution in [0.4, 0.5) is 13.2 Å². The molecule has 0 saturated heterocycles. The number of nitrogens with two attached hydrogens (primary N) is 1. The van der Waals surface area contributed by atoms with Gasteiger partial charge in [-0.2, -0.15) is 13.2 Å². The van der Waals surface area contributed by atoms with E-state index in [0.717, 1.165) is 6.42 Å². The third kappa shape index (κ3) is 4.24. The third-order valence-corrected chi connectivity index (χ3v) is 1.65. The highest BCUT2D eigenvalue weighted by Crippen LogP contribution is 2.28. The zero-order valence-corrected chi connectivity index (χ0v) is 6.62. The lowest BCUT2D eigenvalue weighted by Crippen LogP contribution is -2.29. The maximum atomic E-state index is 12.0. The van der Waals surface area contributed by atoms with Crippen LogP contribution >= 0.6 is 0 Å². The molecule has 0 aromatic heterocycles. The Morgan fingerprint density at radius 2 is 1.91 bits per heavy atom. The number of alkyl halides is 3. The average molecular weight is 169 g/mol. The van der Waals surface area contributed by atoms with Crippen LogP contribution in [0.3, 0.4) is 0 Å². The Kier molecular flexibility index (Phi) is 4.49. The summed E-state index contributed by atoms with van der Waals surface area (Å²) >= 11 is 0. The molecule has 0 aromatic carbocycles. The fourth-order valence-corrected chi connectivity index (χ4v) is 0.866. The Morgan fingerprint density at radius 3 is 2.18 bits per heavy atom. The molecule has 0 aliphatic carbocycles. The highest BCUT2D eigenvalue weighted by Gasteiger charge is 2.37. The van der Waals surface area contributed by atoms with E-state index in [0.29, 0.717) is 6.42 Å². The van der Waals surface area contributed by atoms with E-state index in [1.807, 2.05) is 6.92 Å². The summed E-state index contributed by atoms with van der Waals surface area (Å²) in [6.07, 6.45) is -2.56. The van der Waals surface area contributed by atoms with Gasteiger partial charge in [0.1, 0.15) is 0 Å². The summed E-state index contributed by atoms with van der Waals surface area (Å²) in [5, 5.41) is 0. The van der Waals surface area contributed by atoms with E-state index in [1.54, 1.807) is 0 Å². The number of hydrogen-bond acceptors (Lipinski definition) is 1. The molecule has 1 atom stereocenters. The van der Waals surface area contributed by atoms with Gasteiger partial charge in [0, 0.05) is 6.54 Å². The van der Waals surface area contributed by atoms with Crippen LogP contribution in [0.1, 0.15) is 26.2 Å². The molecule has 11 heavy (non-hydrogen) atoms. The maximum absolute atomic E-state index is 12.0. The lowest BCUT2D eigenvalue weighted by molar-refractivity contribution is -0.173. The topological polar surface area (TPSA) is 26.0 Å². The fraction of sp³-hybridized carbons (Fsp3) is 1.00. The summed E-state index contributed by atoms with van der Waals surface area (Å²) < 4.78 is 35.9. The fourth-order valence-electron chi connectivity index (χ4n) is 0.866. The van der Waals surface area contributed by atoms with Crippen molar-refractivity contribution in [2.24, 2.45) is 11.7 Å². The molecular weight excluding hydrogens is 155 g/mol. The Bertz CT molecular complexity index is 100. The van der Waals surface area contributed by atoms with E-state index >= 15 is 0 Å². The van der Waals surface area contributed by atoms with Gasteiger partial charge in [-0.15, -0.1) is 0 Å². The Morgan fingerprint density at radius 1 is 1.36 bits per heavy atom. The first kappa shape index (κ1) is 10.8. The highest BCUT2D eigenvalue weighted by atomic mass is 19.4. The second-order valence-corrected chi connectivity index (χ2v) is 2.62. The van der Waals surface area contributed by atoms with Crippen LogP contribution in [0.5, 0.6) is 0 Å². The summed E-state index contributed by atoms with van der Waals surface area (Å²) in [6.45, 7) is 1.58. The molecule has 0 saturated carbocycles. The molecule has 0 bridgehead atoms. The van der Waals surface area contributed by atoms with Gasteiger partial charge in [0.15, 0.2) is 0 Å². The quantitative estimate of drug-likeness (QED) is 0.686. The minimum absolute atomic E-state index is 0.163. The van der Waals surface area contributed by atoms with Crippen LogP contribution in [-0.4, -0.2) is 12.7 Å². The summed E-state index contributed by atoms with van der Waals surface area (Å²) in [7, 11) is 0. The third-order valence-electron chi connectivity index (χ3n) is 1.65. The van der Waals surface area contributed by atoms with Crippen molar-refractivity contribution in [3.8, 4) is 0 Å². The van der Waals surface area contributed by atoms with Crippen LogP contribution in [0.2, 0.25) is 0 Å². The minimum atomic E-state index is -4.11. The van der Waals surface area contributed by atoms with E-state index in [9.17, 15) is 13.2 Å². The van der Waals surface area contributed by atoms with Crippen molar-refractivity contribution >= 4 is 0 Å².